The Bertz CT molecular complexity index is 725. The number of nitrogens with one attached hydrogen (secondary N) is 1. The fourth-order valence-electron chi connectivity index (χ4n) is 3.24. The van der Waals surface area contributed by atoms with E-state index in [1.165, 1.54) is 6.07 Å². The van der Waals surface area contributed by atoms with Crippen LogP contribution in [-0.4, -0.2) is 29.4 Å². The molecule has 3 rings (SSSR count). The Kier molecular flexibility index (Phi) is 5.11. The summed E-state index contributed by atoms with van der Waals surface area (Å²) < 4.78 is 13.8. The number of benzene rings is 1. The highest BCUT2D eigenvalue weighted by atomic mass is 35.5. The molecule has 1 fully saturated rings. The number of pyridine rings is 1. The minimum Gasteiger partial charge on any atom is -0.338 e. The van der Waals surface area contributed by atoms with Crippen molar-refractivity contribution in [2.75, 3.05) is 13.6 Å². The van der Waals surface area contributed by atoms with Gasteiger partial charge in [0.25, 0.3) is 0 Å². The number of rotatable bonds is 5. The van der Waals surface area contributed by atoms with E-state index < -0.39 is 0 Å². The van der Waals surface area contributed by atoms with Crippen LogP contribution in [0.25, 0.3) is 0 Å². The summed E-state index contributed by atoms with van der Waals surface area (Å²) in [6.45, 7) is 1.02. The normalized spacial score (nSPS) is 20.6. The van der Waals surface area contributed by atoms with E-state index in [2.05, 4.69) is 10.3 Å². The number of hydrogen-bond donors (Lipinski definition) is 1. The van der Waals surface area contributed by atoms with Gasteiger partial charge in [-0.2, -0.15) is 0 Å². The van der Waals surface area contributed by atoms with Gasteiger partial charge in [0, 0.05) is 55.5 Å². The van der Waals surface area contributed by atoms with Crippen molar-refractivity contribution in [3.63, 3.8) is 0 Å². The zero-order valence-corrected chi connectivity index (χ0v) is 14.1. The van der Waals surface area contributed by atoms with Crippen molar-refractivity contribution >= 4 is 17.5 Å². The van der Waals surface area contributed by atoms with E-state index in [1.807, 2.05) is 19.2 Å². The van der Waals surface area contributed by atoms with Crippen molar-refractivity contribution in [3.05, 3.63) is 64.7 Å². The van der Waals surface area contributed by atoms with Crippen LogP contribution < -0.4 is 5.32 Å². The maximum atomic E-state index is 13.8. The van der Waals surface area contributed by atoms with E-state index >= 15 is 0 Å². The van der Waals surface area contributed by atoms with Crippen LogP contribution in [0.4, 0.5) is 4.39 Å². The van der Waals surface area contributed by atoms with Crippen LogP contribution in [0, 0.1) is 11.7 Å². The average molecular weight is 348 g/mol. The smallest absolute Gasteiger partial charge is 0.223 e. The van der Waals surface area contributed by atoms with Crippen molar-refractivity contribution in [1.29, 1.82) is 0 Å². The van der Waals surface area contributed by atoms with Crippen LogP contribution in [0.2, 0.25) is 5.02 Å². The molecule has 6 heteroatoms. The minimum atomic E-state index is -0.321. The predicted molar refractivity (Wildman–Crippen MR) is 91.0 cm³/mol. The number of carbonyl (C=O) groups is 1. The summed E-state index contributed by atoms with van der Waals surface area (Å²) in [7, 11) is 1.82. The molecule has 0 bridgehead atoms. The summed E-state index contributed by atoms with van der Waals surface area (Å²) in [6.07, 6.45) is 3.99. The van der Waals surface area contributed by atoms with Gasteiger partial charge in [-0.05, 0) is 23.8 Å². The van der Waals surface area contributed by atoms with Gasteiger partial charge in [0.1, 0.15) is 5.82 Å². The second-order valence-electron chi connectivity index (χ2n) is 6.07. The fourth-order valence-corrected chi connectivity index (χ4v) is 3.40. The topological polar surface area (TPSA) is 45.2 Å². The van der Waals surface area contributed by atoms with E-state index in [0.717, 1.165) is 5.56 Å². The molecule has 1 aromatic heterocycles. The third kappa shape index (κ3) is 3.57. The van der Waals surface area contributed by atoms with Gasteiger partial charge in [-0.15, -0.1) is 0 Å². The van der Waals surface area contributed by atoms with Crippen LogP contribution in [0.15, 0.2) is 42.7 Å². The number of halogens is 2. The lowest BCUT2D eigenvalue weighted by molar-refractivity contribution is -0.127. The number of aromatic nitrogens is 1. The van der Waals surface area contributed by atoms with Gasteiger partial charge in [0.05, 0.1) is 6.04 Å². The molecule has 1 amide bonds. The van der Waals surface area contributed by atoms with Gasteiger partial charge in [0.15, 0.2) is 0 Å². The van der Waals surface area contributed by atoms with Crippen LogP contribution >= 0.6 is 11.6 Å². The van der Waals surface area contributed by atoms with Crippen molar-refractivity contribution in [2.45, 2.75) is 19.0 Å². The predicted octanol–water partition coefficient (Wildman–Crippen LogP) is 3.18. The second-order valence-corrected chi connectivity index (χ2v) is 6.50. The van der Waals surface area contributed by atoms with Gasteiger partial charge < -0.3 is 10.2 Å². The number of carbonyl (C=O) groups excluding carboxylic acids is 1. The van der Waals surface area contributed by atoms with Crippen molar-refractivity contribution in [1.82, 2.24) is 15.2 Å². The first kappa shape index (κ1) is 16.9. The molecular weight excluding hydrogens is 329 g/mol. The monoisotopic (exact) mass is 347 g/mol. The van der Waals surface area contributed by atoms with E-state index in [0.29, 0.717) is 30.1 Å². The molecule has 2 aromatic rings. The maximum absolute atomic E-state index is 13.8. The molecule has 2 heterocycles. The summed E-state index contributed by atoms with van der Waals surface area (Å²) in [6, 6.07) is 8.51. The van der Waals surface area contributed by atoms with Gasteiger partial charge in [0.2, 0.25) is 5.91 Å². The molecule has 0 aliphatic carbocycles. The third-order valence-electron chi connectivity index (χ3n) is 4.46. The summed E-state index contributed by atoms with van der Waals surface area (Å²) in [5.74, 6) is -0.0752. The number of amides is 1. The van der Waals surface area contributed by atoms with E-state index in [9.17, 15) is 9.18 Å². The summed E-state index contributed by atoms with van der Waals surface area (Å²) in [5.41, 5.74) is 1.59. The van der Waals surface area contributed by atoms with Crippen molar-refractivity contribution in [2.24, 2.45) is 5.92 Å². The molecule has 0 saturated carbocycles. The minimum absolute atomic E-state index is 0.00577. The first-order valence-corrected chi connectivity index (χ1v) is 8.24. The van der Waals surface area contributed by atoms with Crippen LogP contribution in [0.1, 0.15) is 23.6 Å². The Morgan fingerprint density at radius 1 is 1.42 bits per heavy atom. The van der Waals surface area contributed by atoms with Crippen LogP contribution in [-0.2, 0) is 11.3 Å². The number of likely N-dealkylation sites (tertiary alicyclic amines) is 1. The second kappa shape index (κ2) is 7.28. The maximum Gasteiger partial charge on any atom is 0.223 e. The lowest BCUT2D eigenvalue weighted by Gasteiger charge is -2.25. The zero-order chi connectivity index (χ0) is 17.1. The molecule has 1 N–H and O–H groups in total. The highest BCUT2D eigenvalue weighted by molar-refractivity contribution is 6.30. The quantitative estimate of drug-likeness (QED) is 0.903. The van der Waals surface area contributed by atoms with Crippen LogP contribution in [0.5, 0.6) is 0 Å². The summed E-state index contributed by atoms with van der Waals surface area (Å²) in [5, 5.41) is 3.65. The zero-order valence-electron chi connectivity index (χ0n) is 13.4. The lowest BCUT2D eigenvalue weighted by atomic mass is 9.94. The Balaban J connectivity index is 1.66. The number of nitrogens with zero attached hydrogens (tertiary/aromatic N) is 2. The fraction of sp³-hybridized carbons (Fsp3) is 0.333. The molecule has 1 aliphatic heterocycles. The Morgan fingerprint density at radius 2 is 2.25 bits per heavy atom. The Hall–Kier alpha value is -1.98. The first-order chi connectivity index (χ1) is 11.6. The SMILES string of the molecule is CN1C(=O)C[C@@H](CNCc2ccc(Cl)cc2F)[C@@H]1c1cccnc1. The largest absolute Gasteiger partial charge is 0.338 e. The van der Waals surface area contributed by atoms with E-state index in [-0.39, 0.29) is 23.7 Å². The Labute approximate surface area is 145 Å². The molecule has 1 aromatic carbocycles. The third-order valence-corrected chi connectivity index (χ3v) is 4.69. The lowest BCUT2D eigenvalue weighted by Crippen LogP contribution is -2.29. The Morgan fingerprint density at radius 3 is 2.96 bits per heavy atom. The van der Waals surface area contributed by atoms with Gasteiger partial charge >= 0.3 is 0 Å². The average Bonchev–Trinajstić information content (AvgIpc) is 2.85. The molecule has 2 atom stereocenters. The molecule has 4 nitrogen and oxygen atoms in total. The molecule has 1 aliphatic rings. The first-order valence-electron chi connectivity index (χ1n) is 7.86. The molecular formula is C18H19ClFN3O. The van der Waals surface area contributed by atoms with Crippen molar-refractivity contribution < 1.29 is 9.18 Å². The van der Waals surface area contributed by atoms with Crippen molar-refractivity contribution in [3.8, 4) is 0 Å². The molecule has 0 unspecified atom stereocenters. The summed E-state index contributed by atoms with van der Waals surface area (Å²) >= 11 is 5.76. The highest BCUT2D eigenvalue weighted by Crippen LogP contribution is 2.36. The molecule has 0 spiro atoms. The van der Waals surface area contributed by atoms with E-state index in [1.54, 1.807) is 29.4 Å². The number of hydrogen-bond acceptors (Lipinski definition) is 3. The van der Waals surface area contributed by atoms with Gasteiger partial charge in [-0.3, -0.25) is 9.78 Å². The van der Waals surface area contributed by atoms with Crippen LogP contribution in [0.3, 0.4) is 0 Å². The molecule has 24 heavy (non-hydrogen) atoms. The van der Waals surface area contributed by atoms with Gasteiger partial charge in [-0.1, -0.05) is 23.7 Å². The van der Waals surface area contributed by atoms with E-state index in [4.69, 9.17) is 11.6 Å². The summed E-state index contributed by atoms with van der Waals surface area (Å²) in [4.78, 5) is 18.0. The molecule has 126 valence electrons. The molecule has 0 radical (unpaired) electrons. The molecule has 1 saturated heterocycles. The standard InChI is InChI=1S/C18H19ClFN3O/c1-23-17(24)7-14(18(23)13-3-2-6-21-10-13)11-22-9-12-4-5-15(19)8-16(12)20/h2-6,8,10,14,18,22H,7,9,11H2,1H3/t14-,18-/m0/s1. The highest BCUT2D eigenvalue weighted by Gasteiger charge is 2.38. The van der Waals surface area contributed by atoms with Gasteiger partial charge in [-0.25, -0.2) is 4.39 Å².